The number of anilines is 1. The molecule has 0 aromatic carbocycles. The van der Waals surface area contributed by atoms with Gasteiger partial charge in [-0.25, -0.2) is 9.78 Å². The molecule has 1 aliphatic heterocycles. The summed E-state index contributed by atoms with van der Waals surface area (Å²) in [6, 6.07) is 3.40. The maximum Gasteiger partial charge on any atom is 0.331 e. The van der Waals surface area contributed by atoms with Gasteiger partial charge in [0.05, 0.1) is 26.0 Å². The largest absolute Gasteiger partial charge is 0.476 e. The number of hydrogen-bond acceptors (Lipinski definition) is 8. The monoisotopic (exact) mass is 481 g/mol. The van der Waals surface area contributed by atoms with Crippen molar-refractivity contribution in [1.29, 1.82) is 0 Å². The number of aliphatic hydroxyl groups is 1. The van der Waals surface area contributed by atoms with Crippen LogP contribution in [-0.2, 0) is 14.3 Å². The Kier molecular flexibility index (Phi) is 9.07. The molecule has 0 unspecified atom stereocenters. The van der Waals surface area contributed by atoms with Gasteiger partial charge in [-0.15, -0.1) is 0 Å². The van der Waals surface area contributed by atoms with Crippen LogP contribution in [0.15, 0.2) is 12.1 Å². The fourth-order valence-corrected chi connectivity index (χ4v) is 4.02. The second-order valence-corrected chi connectivity index (χ2v) is 8.95. The van der Waals surface area contributed by atoms with Gasteiger partial charge in [0.25, 0.3) is 5.91 Å². The van der Waals surface area contributed by atoms with Gasteiger partial charge in [-0.1, -0.05) is 13.8 Å². The number of nitrogens with zero attached hydrogens (tertiary/aromatic N) is 2. The van der Waals surface area contributed by atoms with E-state index in [0.29, 0.717) is 38.4 Å². The van der Waals surface area contributed by atoms with Gasteiger partial charge in [-0.05, 0) is 43.2 Å². The molecule has 2 fully saturated rings. The number of carbonyl (C=O) groups excluding carboxylic acids is 2. The lowest BCUT2D eigenvalue weighted by Crippen LogP contribution is -2.54. The van der Waals surface area contributed by atoms with Crippen molar-refractivity contribution in [2.75, 3.05) is 51.6 Å². The molecule has 0 radical (unpaired) electrons. The molecular weight excluding hydrogens is 445 g/mol. The van der Waals surface area contributed by atoms with Crippen LogP contribution in [0.2, 0.25) is 0 Å². The molecular formula is C24H36FN3O6. The third kappa shape index (κ3) is 5.96. The predicted molar refractivity (Wildman–Crippen MR) is 124 cm³/mol. The quantitative estimate of drug-likeness (QED) is 0.307. The van der Waals surface area contributed by atoms with E-state index in [4.69, 9.17) is 14.2 Å². The van der Waals surface area contributed by atoms with Gasteiger partial charge in [0, 0.05) is 33.2 Å². The van der Waals surface area contributed by atoms with E-state index in [1.165, 1.54) is 0 Å². The number of esters is 1. The average Bonchev–Trinajstić information content (AvgIpc) is 3.59. The number of amides is 1. The molecule has 1 saturated carbocycles. The van der Waals surface area contributed by atoms with Crippen molar-refractivity contribution in [2.24, 2.45) is 11.8 Å². The van der Waals surface area contributed by atoms with Crippen LogP contribution >= 0.6 is 0 Å². The van der Waals surface area contributed by atoms with Crippen molar-refractivity contribution in [3.63, 3.8) is 0 Å². The third-order valence-corrected chi connectivity index (χ3v) is 6.79. The van der Waals surface area contributed by atoms with E-state index in [0.717, 1.165) is 12.1 Å². The molecule has 190 valence electrons. The molecule has 1 amide bonds. The molecule has 2 atom stereocenters. The van der Waals surface area contributed by atoms with E-state index in [9.17, 15) is 19.1 Å². The van der Waals surface area contributed by atoms with E-state index in [-0.39, 0.29) is 43.3 Å². The lowest BCUT2D eigenvalue weighted by Gasteiger charge is -2.40. The van der Waals surface area contributed by atoms with Gasteiger partial charge < -0.3 is 29.5 Å². The number of carbonyl (C=O) groups is 2. The van der Waals surface area contributed by atoms with E-state index >= 15 is 0 Å². The minimum absolute atomic E-state index is 0.0355. The Balaban J connectivity index is 1.75. The van der Waals surface area contributed by atoms with Gasteiger partial charge >= 0.3 is 5.97 Å². The lowest BCUT2D eigenvalue weighted by atomic mass is 9.92. The van der Waals surface area contributed by atoms with Gasteiger partial charge in [0.1, 0.15) is 16.9 Å². The molecule has 10 heteroatoms. The maximum atomic E-state index is 13.1. The third-order valence-electron chi connectivity index (χ3n) is 6.79. The van der Waals surface area contributed by atoms with Crippen LogP contribution in [0.1, 0.15) is 50.0 Å². The van der Waals surface area contributed by atoms with Gasteiger partial charge in [0.2, 0.25) is 5.88 Å². The van der Waals surface area contributed by atoms with Crippen LogP contribution in [-0.4, -0.2) is 80.3 Å². The Hall–Kier alpha value is -2.46. The highest BCUT2D eigenvalue weighted by Gasteiger charge is 2.40. The van der Waals surface area contributed by atoms with Crippen LogP contribution < -0.4 is 15.0 Å². The number of pyridine rings is 1. The van der Waals surface area contributed by atoms with Crippen LogP contribution in [0.25, 0.3) is 0 Å². The number of hydrogen-bond donors (Lipinski definition) is 2. The fraction of sp³-hybridized carbons (Fsp3) is 0.708. The van der Waals surface area contributed by atoms with Crippen molar-refractivity contribution in [3.05, 3.63) is 17.8 Å². The highest BCUT2D eigenvalue weighted by molar-refractivity contribution is 5.97. The Labute approximate surface area is 200 Å². The van der Waals surface area contributed by atoms with Crippen molar-refractivity contribution < 1.29 is 33.3 Å². The molecule has 2 N–H and O–H groups in total. The Morgan fingerprint density at radius 2 is 2.00 bits per heavy atom. The summed E-state index contributed by atoms with van der Waals surface area (Å²) in [6.07, 6.45) is 1.80. The number of aliphatic hydroxyl groups excluding tert-OH is 1. The minimum atomic E-state index is -1.22. The van der Waals surface area contributed by atoms with Gasteiger partial charge in [-0.3, -0.25) is 9.18 Å². The number of halogens is 1. The predicted octanol–water partition coefficient (Wildman–Crippen LogP) is 2.12. The van der Waals surface area contributed by atoms with Gasteiger partial charge in [0.15, 0.2) is 0 Å². The first-order chi connectivity index (χ1) is 16.4. The summed E-state index contributed by atoms with van der Waals surface area (Å²) in [5.41, 5.74) is -0.325. The SMILES string of the molecule is CCC(CC)(NC(=O)c1ccc(N2CC(OC)C2)c(OC[C@H]2C[C@H]2CO)n1)C(=O)OCCCF. The summed E-state index contributed by atoms with van der Waals surface area (Å²) >= 11 is 0. The number of ether oxygens (including phenoxy) is 3. The van der Waals surface area contributed by atoms with Crippen LogP contribution in [0.3, 0.4) is 0 Å². The van der Waals surface area contributed by atoms with Crippen LogP contribution in [0.5, 0.6) is 5.88 Å². The molecule has 1 aromatic rings. The molecule has 9 nitrogen and oxygen atoms in total. The minimum Gasteiger partial charge on any atom is -0.476 e. The highest BCUT2D eigenvalue weighted by Crippen LogP contribution is 2.39. The van der Waals surface area contributed by atoms with E-state index < -0.39 is 24.1 Å². The summed E-state index contributed by atoms with van der Waals surface area (Å²) < 4.78 is 28.9. The van der Waals surface area contributed by atoms with Crippen LogP contribution in [0.4, 0.5) is 10.1 Å². The molecule has 2 aliphatic rings. The zero-order chi connectivity index (χ0) is 24.7. The number of rotatable bonds is 14. The fourth-order valence-electron chi connectivity index (χ4n) is 4.02. The van der Waals surface area contributed by atoms with E-state index in [2.05, 4.69) is 15.2 Å². The van der Waals surface area contributed by atoms with Crippen molar-refractivity contribution >= 4 is 17.6 Å². The highest BCUT2D eigenvalue weighted by atomic mass is 19.1. The normalized spacial score (nSPS) is 20.0. The number of nitrogens with one attached hydrogen (secondary N) is 1. The van der Waals surface area contributed by atoms with Crippen LogP contribution in [0, 0.1) is 11.8 Å². The summed E-state index contributed by atoms with van der Waals surface area (Å²) in [5.74, 6) is -0.236. The van der Waals surface area contributed by atoms with Crippen molar-refractivity contribution in [2.45, 2.75) is 51.2 Å². The molecule has 1 aliphatic carbocycles. The Morgan fingerprint density at radius 1 is 1.26 bits per heavy atom. The topological polar surface area (TPSA) is 110 Å². The van der Waals surface area contributed by atoms with Gasteiger partial charge in [-0.2, -0.15) is 0 Å². The second-order valence-electron chi connectivity index (χ2n) is 8.95. The molecule has 2 heterocycles. The molecule has 1 aromatic heterocycles. The summed E-state index contributed by atoms with van der Waals surface area (Å²) in [5, 5.41) is 12.1. The maximum absolute atomic E-state index is 13.1. The zero-order valence-electron chi connectivity index (χ0n) is 20.2. The molecule has 0 bridgehead atoms. The second kappa shape index (κ2) is 11.8. The molecule has 0 spiro atoms. The molecule has 34 heavy (non-hydrogen) atoms. The standard InChI is InChI=1S/C24H36FN3O6/c1-4-24(5-2,23(31)33-10-6-9-25)27-21(30)19-7-8-20(28-12-18(13-28)32-3)22(26-19)34-15-17-11-16(17)14-29/h7-8,16-18,29H,4-6,9-15H2,1-3H3,(H,27,30)/t16-,17+/m0/s1. The number of alkyl halides is 1. The first kappa shape index (κ1) is 26.2. The zero-order valence-corrected chi connectivity index (χ0v) is 20.2. The number of methoxy groups -OCH3 is 1. The van der Waals surface area contributed by atoms with Crippen molar-refractivity contribution in [3.8, 4) is 5.88 Å². The summed E-state index contributed by atoms with van der Waals surface area (Å²) in [4.78, 5) is 32.4. The lowest BCUT2D eigenvalue weighted by molar-refractivity contribution is -0.152. The summed E-state index contributed by atoms with van der Waals surface area (Å²) in [6.45, 7) is 4.90. The molecule has 1 saturated heterocycles. The Bertz CT molecular complexity index is 844. The summed E-state index contributed by atoms with van der Waals surface area (Å²) in [7, 11) is 1.67. The molecule has 3 rings (SSSR count). The average molecular weight is 482 g/mol. The van der Waals surface area contributed by atoms with E-state index in [1.807, 2.05) is 0 Å². The Morgan fingerprint density at radius 3 is 2.59 bits per heavy atom. The van der Waals surface area contributed by atoms with Crippen molar-refractivity contribution in [1.82, 2.24) is 10.3 Å². The first-order valence-electron chi connectivity index (χ1n) is 12.0. The smallest absolute Gasteiger partial charge is 0.331 e. The van der Waals surface area contributed by atoms with E-state index in [1.54, 1.807) is 33.1 Å². The number of aromatic nitrogens is 1. The first-order valence-corrected chi connectivity index (χ1v) is 12.0.